The maximum absolute atomic E-state index is 11.8. The molecule has 2 heterocycles. The molecule has 0 unspecified atom stereocenters. The lowest BCUT2D eigenvalue weighted by Crippen LogP contribution is -2.48. The first-order valence-electron chi connectivity index (χ1n) is 6.68. The van der Waals surface area contributed by atoms with Crippen LogP contribution in [0.5, 0.6) is 0 Å². The van der Waals surface area contributed by atoms with E-state index in [1.165, 1.54) is 10.6 Å². The van der Waals surface area contributed by atoms with Crippen molar-refractivity contribution in [1.82, 2.24) is 9.29 Å². The first-order chi connectivity index (χ1) is 9.45. The summed E-state index contributed by atoms with van der Waals surface area (Å²) in [6.07, 6.45) is 3.68. The predicted octanol–water partition coefficient (Wildman–Crippen LogP) is 0.744. The number of sulfonamides is 1. The molecule has 20 heavy (non-hydrogen) atoms. The quantitative estimate of drug-likeness (QED) is 0.805. The number of hydrogen-bond donors (Lipinski definition) is 0. The number of carbonyl (C=O) groups is 1. The Balaban J connectivity index is 1.74. The minimum absolute atomic E-state index is 0.142. The van der Waals surface area contributed by atoms with E-state index >= 15 is 0 Å². The largest absolute Gasteiger partial charge is 0.345 e. The van der Waals surface area contributed by atoms with Gasteiger partial charge in [0, 0.05) is 37.5 Å². The van der Waals surface area contributed by atoms with Gasteiger partial charge in [-0.25, -0.2) is 13.4 Å². The zero-order valence-corrected chi connectivity index (χ0v) is 13.0. The molecule has 0 spiro atoms. The number of Topliss-reactive ketones (excluding diaryl/α,β-unsaturated/α-hetero) is 1. The van der Waals surface area contributed by atoms with E-state index in [-0.39, 0.29) is 5.78 Å². The van der Waals surface area contributed by atoms with E-state index in [1.54, 1.807) is 11.3 Å². The second kappa shape index (κ2) is 5.09. The van der Waals surface area contributed by atoms with Crippen LogP contribution in [0.15, 0.2) is 0 Å². The maximum Gasteiger partial charge on any atom is 0.211 e. The van der Waals surface area contributed by atoms with E-state index in [2.05, 4.69) is 9.88 Å². The standard InChI is InChI=1S/C12H17N3O3S2/c1-20(17,18)15-7-5-14(6-8-15)12-13-11-9(16)3-2-4-10(11)19-12/h2-8H2,1H3. The third-order valence-electron chi connectivity index (χ3n) is 3.74. The fourth-order valence-electron chi connectivity index (χ4n) is 2.60. The zero-order valence-electron chi connectivity index (χ0n) is 11.3. The Morgan fingerprint density at radius 3 is 2.45 bits per heavy atom. The summed E-state index contributed by atoms with van der Waals surface area (Å²) >= 11 is 1.58. The first-order valence-corrected chi connectivity index (χ1v) is 9.34. The van der Waals surface area contributed by atoms with Crippen LogP contribution in [0, 0.1) is 0 Å². The van der Waals surface area contributed by atoms with Crippen molar-refractivity contribution in [3.8, 4) is 0 Å². The lowest BCUT2D eigenvalue weighted by molar-refractivity contribution is 0.0968. The molecule has 110 valence electrons. The molecule has 8 heteroatoms. The molecule has 0 amide bonds. The Bertz CT molecular complexity index is 630. The number of carbonyl (C=O) groups excluding carboxylic acids is 1. The highest BCUT2D eigenvalue weighted by Crippen LogP contribution is 2.32. The summed E-state index contributed by atoms with van der Waals surface area (Å²) in [5.41, 5.74) is 0.641. The van der Waals surface area contributed by atoms with Crippen molar-refractivity contribution < 1.29 is 13.2 Å². The highest BCUT2D eigenvalue weighted by atomic mass is 32.2. The van der Waals surface area contributed by atoms with Crippen LogP contribution in [-0.2, 0) is 16.4 Å². The van der Waals surface area contributed by atoms with E-state index in [9.17, 15) is 13.2 Å². The smallest absolute Gasteiger partial charge is 0.211 e. The third kappa shape index (κ3) is 2.59. The molecule has 3 rings (SSSR count). The summed E-state index contributed by atoms with van der Waals surface area (Å²) in [4.78, 5) is 19.4. The maximum atomic E-state index is 11.8. The molecule has 1 fully saturated rings. The normalized spacial score (nSPS) is 21.1. The van der Waals surface area contributed by atoms with Crippen molar-refractivity contribution >= 4 is 32.3 Å². The zero-order chi connectivity index (χ0) is 14.3. The number of fused-ring (bicyclic) bond motifs is 1. The molecule has 1 aliphatic carbocycles. The Labute approximate surface area is 122 Å². The van der Waals surface area contributed by atoms with Gasteiger partial charge in [-0.2, -0.15) is 4.31 Å². The molecule has 0 N–H and O–H groups in total. The van der Waals surface area contributed by atoms with E-state index in [0.717, 1.165) is 22.9 Å². The average molecular weight is 315 g/mol. The summed E-state index contributed by atoms with van der Waals surface area (Å²) in [6.45, 7) is 2.23. The molecular weight excluding hydrogens is 298 g/mol. The van der Waals surface area contributed by atoms with Crippen molar-refractivity contribution in [1.29, 1.82) is 0 Å². The fraction of sp³-hybridized carbons (Fsp3) is 0.667. The van der Waals surface area contributed by atoms with E-state index < -0.39 is 10.0 Å². The first kappa shape index (κ1) is 14.0. The summed E-state index contributed by atoms with van der Waals surface area (Å²) in [5.74, 6) is 0.142. The molecule has 6 nitrogen and oxygen atoms in total. The van der Waals surface area contributed by atoms with Crippen molar-refractivity contribution in [3.05, 3.63) is 10.6 Å². The minimum atomic E-state index is -3.11. The Kier molecular flexibility index (Phi) is 3.55. The van der Waals surface area contributed by atoms with Crippen LogP contribution >= 0.6 is 11.3 Å². The summed E-state index contributed by atoms with van der Waals surface area (Å²) < 4.78 is 24.5. The Hall–Kier alpha value is -0.990. The van der Waals surface area contributed by atoms with Gasteiger partial charge in [-0.05, 0) is 12.8 Å². The topological polar surface area (TPSA) is 70.6 Å². The van der Waals surface area contributed by atoms with Gasteiger partial charge in [-0.1, -0.05) is 0 Å². The van der Waals surface area contributed by atoms with Crippen LogP contribution in [0.1, 0.15) is 28.2 Å². The van der Waals surface area contributed by atoms with Gasteiger partial charge in [0.2, 0.25) is 10.0 Å². The Morgan fingerprint density at radius 2 is 1.85 bits per heavy atom. The molecule has 1 aliphatic heterocycles. The van der Waals surface area contributed by atoms with Gasteiger partial charge in [0.05, 0.1) is 6.26 Å². The third-order valence-corrected chi connectivity index (χ3v) is 6.22. The lowest BCUT2D eigenvalue weighted by atomic mass is 10.0. The van der Waals surface area contributed by atoms with Crippen LogP contribution in [-0.4, -0.2) is 55.9 Å². The highest BCUT2D eigenvalue weighted by Gasteiger charge is 2.28. The second-order valence-corrected chi connectivity index (χ2v) is 8.24. The number of hydrogen-bond acceptors (Lipinski definition) is 6. The highest BCUT2D eigenvalue weighted by molar-refractivity contribution is 7.88. The van der Waals surface area contributed by atoms with Gasteiger partial charge in [-0.15, -0.1) is 11.3 Å². The molecule has 0 atom stereocenters. The van der Waals surface area contributed by atoms with Gasteiger partial charge >= 0.3 is 0 Å². The van der Waals surface area contributed by atoms with E-state index in [1.807, 2.05) is 0 Å². The summed E-state index contributed by atoms with van der Waals surface area (Å²) in [7, 11) is -3.11. The molecule has 1 aromatic heterocycles. The minimum Gasteiger partial charge on any atom is -0.345 e. The van der Waals surface area contributed by atoms with Crippen LogP contribution < -0.4 is 4.90 Å². The van der Waals surface area contributed by atoms with Crippen LogP contribution in [0.4, 0.5) is 5.13 Å². The van der Waals surface area contributed by atoms with Gasteiger partial charge in [0.25, 0.3) is 0 Å². The predicted molar refractivity (Wildman–Crippen MR) is 78.0 cm³/mol. The monoisotopic (exact) mass is 315 g/mol. The van der Waals surface area contributed by atoms with Gasteiger partial charge in [0.1, 0.15) is 5.69 Å². The number of thiazole rings is 1. The van der Waals surface area contributed by atoms with Crippen LogP contribution in [0.2, 0.25) is 0 Å². The van der Waals surface area contributed by atoms with E-state index in [0.29, 0.717) is 38.3 Å². The number of rotatable bonds is 2. The summed E-state index contributed by atoms with van der Waals surface area (Å²) in [6, 6.07) is 0. The second-order valence-electron chi connectivity index (χ2n) is 5.19. The number of ketones is 1. The van der Waals surface area contributed by atoms with Crippen LogP contribution in [0.3, 0.4) is 0 Å². The van der Waals surface area contributed by atoms with E-state index in [4.69, 9.17) is 0 Å². The number of anilines is 1. The average Bonchev–Trinajstić information content (AvgIpc) is 2.83. The number of aryl methyl sites for hydroxylation is 1. The van der Waals surface area contributed by atoms with Crippen LogP contribution in [0.25, 0.3) is 0 Å². The van der Waals surface area contributed by atoms with Gasteiger partial charge in [-0.3, -0.25) is 4.79 Å². The van der Waals surface area contributed by atoms with Crippen molar-refractivity contribution in [2.75, 3.05) is 37.3 Å². The van der Waals surface area contributed by atoms with Crippen molar-refractivity contribution in [2.45, 2.75) is 19.3 Å². The molecule has 0 bridgehead atoms. The lowest BCUT2D eigenvalue weighted by Gasteiger charge is -2.32. The molecule has 0 radical (unpaired) electrons. The number of aromatic nitrogens is 1. The van der Waals surface area contributed by atoms with Crippen molar-refractivity contribution in [3.63, 3.8) is 0 Å². The number of piperazine rings is 1. The molecule has 2 aliphatic rings. The Morgan fingerprint density at radius 1 is 1.15 bits per heavy atom. The van der Waals surface area contributed by atoms with Crippen molar-refractivity contribution in [2.24, 2.45) is 0 Å². The summed E-state index contributed by atoms with van der Waals surface area (Å²) in [5, 5.41) is 0.860. The number of nitrogens with zero attached hydrogens (tertiary/aromatic N) is 3. The molecule has 1 saturated heterocycles. The van der Waals surface area contributed by atoms with Gasteiger partial charge in [0.15, 0.2) is 10.9 Å². The van der Waals surface area contributed by atoms with Gasteiger partial charge < -0.3 is 4.90 Å². The molecule has 0 saturated carbocycles. The molecular formula is C12H17N3O3S2. The fourth-order valence-corrected chi connectivity index (χ4v) is 4.60. The SMILES string of the molecule is CS(=O)(=O)N1CCN(c2nc3c(s2)CCCC3=O)CC1. The molecule has 0 aromatic carbocycles. The molecule has 1 aromatic rings.